The van der Waals surface area contributed by atoms with Gasteiger partial charge in [0.15, 0.2) is 0 Å². The number of para-hydroxylation sites is 2. The molecule has 0 spiro atoms. The minimum absolute atomic E-state index is 0.00516. The van der Waals surface area contributed by atoms with Crippen LogP contribution in [0, 0.1) is 0 Å². The first-order chi connectivity index (χ1) is 11.2. The highest BCUT2D eigenvalue weighted by Crippen LogP contribution is 2.33. The number of carbonyl (C=O) groups excluding carboxylic acids is 1. The average Bonchev–Trinajstić information content (AvgIpc) is 3.13. The van der Waals surface area contributed by atoms with Crippen molar-refractivity contribution in [1.82, 2.24) is 14.9 Å². The SMILES string of the molecule is O=C1CC[C@H](c2nc3ccccc3[nH]2)N1Cc1ccc(Cl)cc1. The van der Waals surface area contributed by atoms with Crippen molar-refractivity contribution >= 4 is 28.5 Å². The van der Waals surface area contributed by atoms with E-state index in [1.165, 1.54) is 0 Å². The Balaban J connectivity index is 1.64. The second kappa shape index (κ2) is 5.70. The maximum absolute atomic E-state index is 12.3. The maximum atomic E-state index is 12.3. The van der Waals surface area contributed by atoms with Crippen LogP contribution >= 0.6 is 11.6 Å². The van der Waals surface area contributed by atoms with Crippen LogP contribution in [0.5, 0.6) is 0 Å². The van der Waals surface area contributed by atoms with Crippen LogP contribution in [-0.2, 0) is 11.3 Å². The maximum Gasteiger partial charge on any atom is 0.223 e. The van der Waals surface area contributed by atoms with Crippen LogP contribution in [0.2, 0.25) is 5.02 Å². The van der Waals surface area contributed by atoms with Gasteiger partial charge in [-0.3, -0.25) is 4.79 Å². The summed E-state index contributed by atoms with van der Waals surface area (Å²) in [5.74, 6) is 1.04. The molecule has 1 aromatic heterocycles. The van der Waals surface area contributed by atoms with Crippen LogP contribution in [0.3, 0.4) is 0 Å². The first-order valence-corrected chi connectivity index (χ1v) is 8.07. The summed E-state index contributed by atoms with van der Waals surface area (Å²) in [4.78, 5) is 22.2. The van der Waals surface area contributed by atoms with E-state index < -0.39 is 0 Å². The Labute approximate surface area is 139 Å². The first-order valence-electron chi connectivity index (χ1n) is 7.69. The molecule has 5 heteroatoms. The summed E-state index contributed by atoms with van der Waals surface area (Å²) in [6, 6.07) is 15.6. The number of likely N-dealkylation sites (tertiary alicyclic amines) is 1. The lowest BCUT2D eigenvalue weighted by Crippen LogP contribution is -2.27. The number of aromatic nitrogens is 2. The average molecular weight is 326 g/mol. The van der Waals surface area contributed by atoms with Crippen molar-refractivity contribution in [3.63, 3.8) is 0 Å². The molecule has 1 N–H and O–H groups in total. The Morgan fingerprint density at radius 3 is 2.74 bits per heavy atom. The molecule has 1 atom stereocenters. The summed E-state index contributed by atoms with van der Waals surface area (Å²) in [5, 5.41) is 0.704. The number of nitrogens with zero attached hydrogens (tertiary/aromatic N) is 2. The molecular weight excluding hydrogens is 310 g/mol. The van der Waals surface area contributed by atoms with Crippen LogP contribution in [-0.4, -0.2) is 20.8 Å². The number of hydrogen-bond acceptors (Lipinski definition) is 2. The standard InChI is InChI=1S/C18H16ClN3O/c19-13-7-5-12(6-8-13)11-22-16(9-10-17(22)23)18-20-14-3-1-2-4-15(14)21-18/h1-8,16H,9-11H2,(H,20,21)/t16-/m1/s1. The fraction of sp³-hybridized carbons (Fsp3) is 0.222. The normalized spacial score (nSPS) is 18.0. The molecule has 0 saturated carbocycles. The van der Waals surface area contributed by atoms with Gasteiger partial charge >= 0.3 is 0 Å². The first kappa shape index (κ1) is 14.3. The summed E-state index contributed by atoms with van der Waals surface area (Å²) < 4.78 is 0. The monoisotopic (exact) mass is 325 g/mol. The van der Waals surface area contributed by atoms with Crippen LogP contribution in [0.4, 0.5) is 0 Å². The zero-order valence-electron chi connectivity index (χ0n) is 12.5. The lowest BCUT2D eigenvalue weighted by Gasteiger charge is -2.23. The smallest absolute Gasteiger partial charge is 0.223 e. The van der Waals surface area contributed by atoms with E-state index >= 15 is 0 Å². The molecule has 4 rings (SSSR count). The number of hydrogen-bond donors (Lipinski definition) is 1. The number of halogens is 1. The van der Waals surface area contributed by atoms with Crippen molar-refractivity contribution in [3.05, 3.63) is 64.9 Å². The van der Waals surface area contributed by atoms with E-state index in [9.17, 15) is 4.79 Å². The molecule has 2 aromatic carbocycles. The Morgan fingerprint density at radius 1 is 1.17 bits per heavy atom. The number of imidazole rings is 1. The molecule has 0 aliphatic carbocycles. The molecule has 1 amide bonds. The largest absolute Gasteiger partial charge is 0.340 e. The van der Waals surface area contributed by atoms with Gasteiger partial charge < -0.3 is 9.88 Å². The Bertz CT molecular complexity index is 823. The number of carbonyl (C=O) groups is 1. The van der Waals surface area contributed by atoms with Gasteiger partial charge in [-0.15, -0.1) is 0 Å². The highest BCUT2D eigenvalue weighted by atomic mass is 35.5. The van der Waals surface area contributed by atoms with Gasteiger partial charge in [-0.1, -0.05) is 35.9 Å². The summed E-state index contributed by atoms with van der Waals surface area (Å²) in [5.41, 5.74) is 3.02. The van der Waals surface area contributed by atoms with E-state index in [0.717, 1.165) is 28.8 Å². The lowest BCUT2D eigenvalue weighted by molar-refractivity contribution is -0.129. The minimum atomic E-state index is 0.00516. The molecule has 2 heterocycles. The number of amides is 1. The third-order valence-corrected chi connectivity index (χ3v) is 4.57. The van der Waals surface area contributed by atoms with Crippen LogP contribution in [0.15, 0.2) is 48.5 Å². The fourth-order valence-corrected chi connectivity index (χ4v) is 3.26. The molecular formula is C18H16ClN3O. The summed E-state index contributed by atoms with van der Waals surface area (Å²) in [6.07, 6.45) is 1.36. The molecule has 0 unspecified atom stereocenters. The number of benzene rings is 2. The van der Waals surface area contributed by atoms with Crippen molar-refractivity contribution in [3.8, 4) is 0 Å². The molecule has 4 nitrogen and oxygen atoms in total. The summed E-state index contributed by atoms with van der Waals surface area (Å²) in [6.45, 7) is 0.581. The number of nitrogens with one attached hydrogen (secondary N) is 1. The lowest BCUT2D eigenvalue weighted by atomic mass is 10.1. The van der Waals surface area contributed by atoms with Crippen molar-refractivity contribution in [2.24, 2.45) is 0 Å². The van der Waals surface area contributed by atoms with Crippen LogP contribution in [0.25, 0.3) is 11.0 Å². The van der Waals surface area contributed by atoms with Crippen LogP contribution < -0.4 is 0 Å². The number of aromatic amines is 1. The van der Waals surface area contributed by atoms with E-state index in [4.69, 9.17) is 11.6 Å². The number of H-pyrrole nitrogens is 1. The molecule has 23 heavy (non-hydrogen) atoms. The highest BCUT2D eigenvalue weighted by Gasteiger charge is 2.34. The van der Waals surface area contributed by atoms with E-state index in [0.29, 0.717) is 18.0 Å². The van der Waals surface area contributed by atoms with E-state index in [2.05, 4.69) is 9.97 Å². The fourth-order valence-electron chi connectivity index (χ4n) is 3.13. The Morgan fingerprint density at radius 2 is 1.96 bits per heavy atom. The van der Waals surface area contributed by atoms with Gasteiger partial charge in [-0.05, 0) is 36.2 Å². The van der Waals surface area contributed by atoms with Crippen molar-refractivity contribution in [2.45, 2.75) is 25.4 Å². The van der Waals surface area contributed by atoms with Gasteiger partial charge in [0.05, 0.1) is 17.1 Å². The molecule has 1 aliphatic rings. The van der Waals surface area contributed by atoms with Crippen molar-refractivity contribution in [2.75, 3.05) is 0 Å². The van der Waals surface area contributed by atoms with Crippen molar-refractivity contribution < 1.29 is 4.79 Å². The van der Waals surface area contributed by atoms with Gasteiger partial charge in [0.1, 0.15) is 5.82 Å². The Kier molecular flexibility index (Phi) is 3.54. The number of rotatable bonds is 3. The molecule has 0 radical (unpaired) electrons. The third-order valence-electron chi connectivity index (χ3n) is 4.32. The molecule has 1 fully saturated rings. The highest BCUT2D eigenvalue weighted by molar-refractivity contribution is 6.30. The van der Waals surface area contributed by atoms with Gasteiger partial charge in [0, 0.05) is 18.0 Å². The quantitative estimate of drug-likeness (QED) is 0.788. The number of fused-ring (bicyclic) bond motifs is 1. The second-order valence-electron chi connectivity index (χ2n) is 5.84. The van der Waals surface area contributed by atoms with Crippen molar-refractivity contribution in [1.29, 1.82) is 0 Å². The zero-order valence-corrected chi connectivity index (χ0v) is 13.3. The van der Waals surface area contributed by atoms with Gasteiger partial charge in [0.25, 0.3) is 0 Å². The Hall–Kier alpha value is -2.33. The van der Waals surface area contributed by atoms with Crippen LogP contribution in [0.1, 0.15) is 30.3 Å². The zero-order chi connectivity index (χ0) is 15.8. The molecule has 1 aliphatic heterocycles. The van der Waals surface area contributed by atoms with E-state index in [1.54, 1.807) is 0 Å². The summed E-state index contributed by atoms with van der Waals surface area (Å²) >= 11 is 5.93. The molecule has 0 bridgehead atoms. The third kappa shape index (κ3) is 2.70. The molecule has 3 aromatic rings. The van der Waals surface area contributed by atoms with Gasteiger partial charge in [-0.2, -0.15) is 0 Å². The second-order valence-corrected chi connectivity index (χ2v) is 6.28. The minimum Gasteiger partial charge on any atom is -0.340 e. The molecule has 116 valence electrons. The predicted octanol–water partition coefficient (Wildman–Crippen LogP) is 4.08. The molecule has 1 saturated heterocycles. The van der Waals surface area contributed by atoms with Gasteiger partial charge in [0.2, 0.25) is 5.91 Å². The predicted molar refractivity (Wildman–Crippen MR) is 90.1 cm³/mol. The topological polar surface area (TPSA) is 49.0 Å². The van der Waals surface area contributed by atoms with E-state index in [1.807, 2.05) is 53.4 Å². The van der Waals surface area contributed by atoms with Gasteiger partial charge in [-0.25, -0.2) is 4.98 Å². The summed E-state index contributed by atoms with van der Waals surface area (Å²) in [7, 11) is 0. The van der Waals surface area contributed by atoms with E-state index in [-0.39, 0.29) is 11.9 Å².